The number of hydrogen-bond donors (Lipinski definition) is 3. The van der Waals surface area contributed by atoms with Crippen LogP contribution in [0.3, 0.4) is 0 Å². The minimum absolute atomic E-state index is 0.0869. The van der Waals surface area contributed by atoms with Gasteiger partial charge in [0.25, 0.3) is 0 Å². The van der Waals surface area contributed by atoms with Gasteiger partial charge in [-0.05, 0) is 50.4 Å². The summed E-state index contributed by atoms with van der Waals surface area (Å²) in [4.78, 5) is 22.9. The number of hydrogen-bond acceptors (Lipinski definition) is 2. The molecular formula is C16H28N2O3. The van der Waals surface area contributed by atoms with Crippen LogP contribution < -0.4 is 10.6 Å². The molecule has 120 valence electrons. The maximum absolute atomic E-state index is 12.0. The molecule has 2 amide bonds. The molecule has 2 aliphatic carbocycles. The highest BCUT2D eigenvalue weighted by Crippen LogP contribution is 2.44. The molecule has 5 heteroatoms. The Hall–Kier alpha value is -1.26. The molecule has 0 atom stereocenters. The summed E-state index contributed by atoms with van der Waals surface area (Å²) in [7, 11) is 0. The Morgan fingerprint density at radius 1 is 1.19 bits per heavy atom. The quantitative estimate of drug-likeness (QED) is 0.705. The van der Waals surface area contributed by atoms with Crippen LogP contribution in [0.5, 0.6) is 0 Å². The normalized spacial score (nSPS) is 27.5. The summed E-state index contributed by atoms with van der Waals surface area (Å²) in [6.45, 7) is 2.97. The lowest BCUT2D eigenvalue weighted by Gasteiger charge is -2.42. The van der Waals surface area contributed by atoms with E-state index in [9.17, 15) is 9.59 Å². The summed E-state index contributed by atoms with van der Waals surface area (Å²) < 4.78 is 0. The van der Waals surface area contributed by atoms with E-state index in [0.717, 1.165) is 19.4 Å². The van der Waals surface area contributed by atoms with Crippen molar-refractivity contribution in [3.8, 4) is 0 Å². The number of carboxylic acid groups (broad SMARTS) is 1. The van der Waals surface area contributed by atoms with Crippen LogP contribution in [0.4, 0.5) is 4.79 Å². The first kappa shape index (κ1) is 16.1. The highest BCUT2D eigenvalue weighted by atomic mass is 16.4. The monoisotopic (exact) mass is 296 g/mol. The zero-order valence-electron chi connectivity index (χ0n) is 13.0. The lowest BCUT2D eigenvalue weighted by molar-refractivity contribution is -0.142. The molecule has 21 heavy (non-hydrogen) atoms. The third-order valence-corrected chi connectivity index (χ3v) is 5.23. The van der Waals surface area contributed by atoms with E-state index in [1.165, 1.54) is 32.1 Å². The van der Waals surface area contributed by atoms with Crippen LogP contribution in [0.1, 0.15) is 64.7 Å². The van der Waals surface area contributed by atoms with Gasteiger partial charge in [0.15, 0.2) is 0 Å². The van der Waals surface area contributed by atoms with Gasteiger partial charge in [-0.2, -0.15) is 0 Å². The number of urea groups is 1. The van der Waals surface area contributed by atoms with Crippen LogP contribution in [0.2, 0.25) is 0 Å². The molecule has 0 unspecified atom stereocenters. The first-order valence-electron chi connectivity index (χ1n) is 8.32. The first-order valence-corrected chi connectivity index (χ1v) is 8.32. The molecule has 0 heterocycles. The van der Waals surface area contributed by atoms with Crippen molar-refractivity contribution >= 4 is 12.0 Å². The molecule has 2 fully saturated rings. The van der Waals surface area contributed by atoms with E-state index in [1.807, 2.05) is 0 Å². The van der Waals surface area contributed by atoms with Crippen LogP contribution in [0, 0.1) is 11.3 Å². The number of amides is 2. The van der Waals surface area contributed by atoms with E-state index in [2.05, 4.69) is 17.6 Å². The van der Waals surface area contributed by atoms with Crippen molar-refractivity contribution in [3.05, 3.63) is 0 Å². The summed E-state index contributed by atoms with van der Waals surface area (Å²) in [5.74, 6) is -0.932. The second-order valence-electron chi connectivity index (χ2n) is 6.82. The van der Waals surface area contributed by atoms with Crippen molar-refractivity contribution in [1.29, 1.82) is 0 Å². The summed E-state index contributed by atoms with van der Waals surface area (Å²) in [6.07, 6.45) is 8.97. The zero-order chi connectivity index (χ0) is 15.3. The molecule has 0 radical (unpaired) electrons. The molecule has 0 spiro atoms. The molecule has 0 aromatic rings. The molecule has 5 nitrogen and oxygen atoms in total. The molecular weight excluding hydrogens is 268 g/mol. The van der Waals surface area contributed by atoms with E-state index in [-0.39, 0.29) is 18.0 Å². The maximum atomic E-state index is 12.0. The molecule has 3 N–H and O–H groups in total. The van der Waals surface area contributed by atoms with Crippen molar-refractivity contribution < 1.29 is 14.7 Å². The number of rotatable bonds is 6. The summed E-state index contributed by atoms with van der Waals surface area (Å²) >= 11 is 0. The highest BCUT2D eigenvalue weighted by Gasteiger charge is 2.36. The van der Waals surface area contributed by atoms with Crippen molar-refractivity contribution in [2.24, 2.45) is 11.3 Å². The second-order valence-corrected chi connectivity index (χ2v) is 6.82. The predicted molar refractivity (Wildman–Crippen MR) is 81.1 cm³/mol. The average Bonchev–Trinajstić information content (AvgIpc) is 2.42. The van der Waals surface area contributed by atoms with Crippen molar-refractivity contribution in [1.82, 2.24) is 10.6 Å². The summed E-state index contributed by atoms with van der Waals surface area (Å²) in [5, 5.41) is 15.0. The minimum atomic E-state index is -0.704. The molecule has 2 saturated carbocycles. The van der Waals surface area contributed by atoms with Gasteiger partial charge in [0.2, 0.25) is 0 Å². The third kappa shape index (κ3) is 4.35. The van der Waals surface area contributed by atoms with Gasteiger partial charge >= 0.3 is 12.0 Å². The van der Waals surface area contributed by atoms with Crippen LogP contribution >= 0.6 is 0 Å². The van der Waals surface area contributed by atoms with E-state index < -0.39 is 5.97 Å². The number of aliphatic carboxylic acids is 1. The zero-order valence-corrected chi connectivity index (χ0v) is 13.0. The topological polar surface area (TPSA) is 78.4 Å². The standard InChI is InChI=1S/C16H28N2O3/c1-2-8-16(9-3-10-16)11-17-15(21)18-13-6-4-12(5-7-13)14(19)20/h12-13H,2-11H2,1H3,(H,19,20)(H2,17,18,21). The second kappa shape index (κ2) is 7.14. The Kier molecular flexibility index (Phi) is 5.48. The molecule has 0 saturated heterocycles. The first-order chi connectivity index (χ1) is 10.0. The highest BCUT2D eigenvalue weighted by molar-refractivity contribution is 5.74. The number of carboxylic acids is 1. The fourth-order valence-electron chi connectivity index (χ4n) is 3.71. The van der Waals surface area contributed by atoms with Crippen LogP contribution in [-0.4, -0.2) is 29.7 Å². The van der Waals surface area contributed by atoms with Gasteiger partial charge in [0.05, 0.1) is 5.92 Å². The number of carbonyl (C=O) groups is 2. The van der Waals surface area contributed by atoms with Crippen molar-refractivity contribution in [3.63, 3.8) is 0 Å². The van der Waals surface area contributed by atoms with Crippen LogP contribution in [0.15, 0.2) is 0 Å². The smallest absolute Gasteiger partial charge is 0.315 e. The van der Waals surface area contributed by atoms with Gasteiger partial charge in [0, 0.05) is 12.6 Å². The fourth-order valence-corrected chi connectivity index (χ4v) is 3.71. The molecule has 2 rings (SSSR count). The molecule has 0 bridgehead atoms. The van der Waals surface area contributed by atoms with E-state index >= 15 is 0 Å². The Labute approximate surface area is 126 Å². The van der Waals surface area contributed by atoms with Gasteiger partial charge in [-0.3, -0.25) is 4.79 Å². The maximum Gasteiger partial charge on any atom is 0.315 e. The van der Waals surface area contributed by atoms with E-state index in [4.69, 9.17) is 5.11 Å². The molecule has 0 aliphatic heterocycles. The largest absolute Gasteiger partial charge is 0.481 e. The van der Waals surface area contributed by atoms with Crippen molar-refractivity contribution in [2.75, 3.05) is 6.54 Å². The number of carbonyl (C=O) groups excluding carboxylic acids is 1. The summed E-state index contributed by atoms with van der Waals surface area (Å²) in [6, 6.07) is 0.0419. The lowest BCUT2D eigenvalue weighted by atomic mass is 9.66. The predicted octanol–water partition coefficient (Wildman–Crippen LogP) is 2.90. The Morgan fingerprint density at radius 2 is 1.86 bits per heavy atom. The van der Waals surface area contributed by atoms with E-state index in [1.54, 1.807) is 0 Å². The fraction of sp³-hybridized carbons (Fsp3) is 0.875. The average molecular weight is 296 g/mol. The number of nitrogens with one attached hydrogen (secondary N) is 2. The SMILES string of the molecule is CCCC1(CNC(=O)NC2CCC(C(=O)O)CC2)CCC1. The van der Waals surface area contributed by atoms with Gasteiger partial charge in [-0.15, -0.1) is 0 Å². The van der Waals surface area contributed by atoms with Crippen LogP contribution in [0.25, 0.3) is 0 Å². The van der Waals surface area contributed by atoms with Gasteiger partial charge in [0.1, 0.15) is 0 Å². The summed E-state index contributed by atoms with van der Waals surface area (Å²) in [5.41, 5.74) is 0.340. The Balaban J connectivity index is 1.67. The van der Waals surface area contributed by atoms with Gasteiger partial charge < -0.3 is 15.7 Å². The molecule has 2 aliphatic rings. The Bertz CT molecular complexity index is 372. The molecule has 0 aromatic heterocycles. The van der Waals surface area contributed by atoms with E-state index in [0.29, 0.717) is 18.3 Å². The van der Waals surface area contributed by atoms with Crippen molar-refractivity contribution in [2.45, 2.75) is 70.8 Å². The lowest BCUT2D eigenvalue weighted by Crippen LogP contribution is -2.49. The minimum Gasteiger partial charge on any atom is -0.481 e. The van der Waals surface area contributed by atoms with Gasteiger partial charge in [-0.25, -0.2) is 4.79 Å². The molecule has 0 aromatic carbocycles. The Morgan fingerprint density at radius 3 is 2.33 bits per heavy atom. The van der Waals surface area contributed by atoms with Gasteiger partial charge in [-0.1, -0.05) is 19.8 Å². The van der Waals surface area contributed by atoms with Crippen LogP contribution in [-0.2, 0) is 4.79 Å². The third-order valence-electron chi connectivity index (χ3n) is 5.23.